The third kappa shape index (κ3) is 6.98. The Labute approximate surface area is 177 Å². The largest absolute Gasteiger partial charge is 0.196 e. The number of aryl methyl sites for hydroxylation is 2. The van der Waals surface area contributed by atoms with Gasteiger partial charge < -0.3 is 0 Å². The highest BCUT2D eigenvalue weighted by molar-refractivity contribution is 5.22. The van der Waals surface area contributed by atoms with Crippen LogP contribution in [0.25, 0.3) is 0 Å². The number of rotatable bonds is 8. The normalized spacial score (nSPS) is 28.1. The number of halogens is 1. The van der Waals surface area contributed by atoms with Gasteiger partial charge in [0.2, 0.25) is 0 Å². The van der Waals surface area contributed by atoms with Gasteiger partial charge in [0, 0.05) is 0 Å². The second-order valence-corrected chi connectivity index (χ2v) is 9.50. The molecule has 2 fully saturated rings. The zero-order valence-electron chi connectivity index (χ0n) is 18.2. The molecule has 0 saturated heterocycles. The summed E-state index contributed by atoms with van der Waals surface area (Å²) in [5.41, 5.74) is 2.93. The maximum Gasteiger partial charge on any atom is 0.196 e. The summed E-state index contributed by atoms with van der Waals surface area (Å²) in [6.07, 6.45) is 18.2. The third-order valence-electron chi connectivity index (χ3n) is 7.62. The number of allylic oxidation sites excluding steroid dienone is 2. The van der Waals surface area contributed by atoms with Gasteiger partial charge in [0.05, 0.1) is 0 Å². The van der Waals surface area contributed by atoms with Crippen LogP contribution < -0.4 is 0 Å². The van der Waals surface area contributed by atoms with E-state index in [1.165, 1.54) is 75.3 Å². The fourth-order valence-corrected chi connectivity index (χ4v) is 5.68. The molecule has 0 heterocycles. The third-order valence-corrected chi connectivity index (χ3v) is 7.62. The lowest BCUT2D eigenvalue weighted by Gasteiger charge is -2.37. The molecule has 2 saturated carbocycles. The van der Waals surface area contributed by atoms with Crippen molar-refractivity contribution in [2.24, 2.45) is 23.7 Å². The first-order valence-corrected chi connectivity index (χ1v) is 12.0. The van der Waals surface area contributed by atoms with Gasteiger partial charge in [-0.15, -0.1) is 0 Å². The minimum absolute atomic E-state index is 0.292. The fourth-order valence-electron chi connectivity index (χ4n) is 5.68. The van der Waals surface area contributed by atoms with E-state index in [1.807, 2.05) is 0 Å². The number of hydrogen-bond acceptors (Lipinski definition) is 1. The monoisotopic (exact) mass is 395 g/mol. The quantitative estimate of drug-likeness (QED) is 0.323. The van der Waals surface area contributed by atoms with Crippen LogP contribution in [-0.4, -0.2) is 0 Å². The summed E-state index contributed by atoms with van der Waals surface area (Å²) < 4.78 is 13.2. The van der Waals surface area contributed by atoms with E-state index in [1.54, 1.807) is 12.1 Å². The molecule has 1 nitrogen and oxygen atoms in total. The Morgan fingerprint density at radius 1 is 0.931 bits per heavy atom. The molecule has 158 valence electrons. The lowest BCUT2D eigenvalue weighted by molar-refractivity contribution is 0.151. The minimum Gasteiger partial charge on any atom is -0.195 e. The first kappa shape index (κ1) is 22.1. The number of nitrogens with zero attached hydrogens (tertiary/aromatic N) is 1. The molecule has 2 aliphatic rings. The molecular weight excluding hydrogens is 357 g/mol. The molecule has 29 heavy (non-hydrogen) atoms. The van der Waals surface area contributed by atoms with Crippen LogP contribution in [-0.2, 0) is 12.8 Å². The molecule has 0 spiro atoms. The van der Waals surface area contributed by atoms with Crippen molar-refractivity contribution in [3.63, 3.8) is 0 Å². The average Bonchev–Trinajstić information content (AvgIpc) is 2.78. The summed E-state index contributed by atoms with van der Waals surface area (Å²) in [6.45, 7) is 2.21. The molecule has 0 amide bonds. The standard InChI is InChI=1S/C27H38FN/c1-2-21-7-9-22(10-8-21)5-3-4-6-23-11-15-25(16-12-23)26-17-13-24(14-18-26)19-27(28)20-29/h7-10,19,23-26H,2-6,11-18H2,1H3/b27-19+/t23-,24?,25-,26?. The Hall–Kier alpha value is -1.62. The number of benzene rings is 1. The maximum absolute atomic E-state index is 13.2. The number of unbranched alkanes of at least 4 members (excludes halogenated alkanes) is 1. The predicted octanol–water partition coefficient (Wildman–Crippen LogP) is 7.95. The van der Waals surface area contributed by atoms with Crippen LogP contribution in [0.4, 0.5) is 4.39 Å². The zero-order chi connectivity index (χ0) is 20.5. The Balaban J connectivity index is 1.29. The van der Waals surface area contributed by atoms with Crippen molar-refractivity contribution in [1.82, 2.24) is 0 Å². The van der Waals surface area contributed by atoms with Gasteiger partial charge in [0.1, 0.15) is 6.07 Å². The second kappa shape index (κ2) is 11.5. The van der Waals surface area contributed by atoms with E-state index in [0.29, 0.717) is 5.92 Å². The lowest BCUT2D eigenvalue weighted by Crippen LogP contribution is -2.25. The molecule has 3 rings (SSSR count). The smallest absolute Gasteiger partial charge is 0.195 e. The van der Waals surface area contributed by atoms with Crippen molar-refractivity contribution in [3.8, 4) is 6.07 Å². The number of hydrogen-bond donors (Lipinski definition) is 0. The van der Waals surface area contributed by atoms with Crippen LogP contribution in [0.1, 0.15) is 88.7 Å². The van der Waals surface area contributed by atoms with Crippen molar-refractivity contribution in [2.75, 3.05) is 0 Å². The molecule has 1 aromatic carbocycles. The maximum atomic E-state index is 13.2. The van der Waals surface area contributed by atoms with E-state index >= 15 is 0 Å². The Morgan fingerprint density at radius 2 is 1.52 bits per heavy atom. The highest BCUT2D eigenvalue weighted by Gasteiger charge is 2.30. The first-order chi connectivity index (χ1) is 14.2. The van der Waals surface area contributed by atoms with Crippen LogP contribution in [0.2, 0.25) is 0 Å². The van der Waals surface area contributed by atoms with E-state index in [4.69, 9.17) is 5.26 Å². The number of nitriles is 1. The van der Waals surface area contributed by atoms with Crippen LogP contribution in [0.5, 0.6) is 0 Å². The van der Waals surface area contributed by atoms with E-state index in [9.17, 15) is 4.39 Å². The van der Waals surface area contributed by atoms with Gasteiger partial charge in [0.25, 0.3) is 0 Å². The van der Waals surface area contributed by atoms with Gasteiger partial charge in [-0.25, -0.2) is 0 Å². The van der Waals surface area contributed by atoms with Gasteiger partial charge >= 0.3 is 0 Å². The van der Waals surface area contributed by atoms with Gasteiger partial charge in [0.15, 0.2) is 5.83 Å². The molecule has 0 radical (unpaired) electrons. The van der Waals surface area contributed by atoms with E-state index in [-0.39, 0.29) is 0 Å². The summed E-state index contributed by atoms with van der Waals surface area (Å²) in [7, 11) is 0. The minimum atomic E-state index is -0.591. The average molecular weight is 396 g/mol. The summed E-state index contributed by atoms with van der Waals surface area (Å²) in [4.78, 5) is 0. The van der Waals surface area contributed by atoms with Gasteiger partial charge in [-0.1, -0.05) is 56.9 Å². The second-order valence-electron chi connectivity index (χ2n) is 9.50. The highest BCUT2D eigenvalue weighted by Crippen LogP contribution is 2.42. The molecule has 0 N–H and O–H groups in total. The summed E-state index contributed by atoms with van der Waals surface area (Å²) in [6, 6.07) is 10.8. The van der Waals surface area contributed by atoms with Crippen LogP contribution >= 0.6 is 0 Å². The van der Waals surface area contributed by atoms with Gasteiger partial charge in [-0.05, 0) is 98.7 Å². The molecule has 2 heteroatoms. The van der Waals surface area contributed by atoms with Crippen molar-refractivity contribution in [2.45, 2.75) is 90.4 Å². The van der Waals surface area contributed by atoms with Gasteiger partial charge in [-0.3, -0.25) is 0 Å². The van der Waals surface area contributed by atoms with Crippen molar-refractivity contribution < 1.29 is 4.39 Å². The fraction of sp³-hybridized carbons (Fsp3) is 0.667. The molecule has 1 aromatic rings. The van der Waals surface area contributed by atoms with Crippen molar-refractivity contribution in [1.29, 1.82) is 5.26 Å². The summed E-state index contributed by atoms with van der Waals surface area (Å²) in [5, 5.41) is 8.61. The topological polar surface area (TPSA) is 23.8 Å². The molecule has 0 atom stereocenters. The lowest BCUT2D eigenvalue weighted by atomic mass is 9.68. The van der Waals surface area contributed by atoms with E-state index < -0.39 is 5.83 Å². The first-order valence-electron chi connectivity index (χ1n) is 12.0. The van der Waals surface area contributed by atoms with Crippen LogP contribution in [0.3, 0.4) is 0 Å². The molecule has 0 bridgehead atoms. The van der Waals surface area contributed by atoms with Crippen LogP contribution in [0, 0.1) is 35.0 Å². The zero-order valence-corrected chi connectivity index (χ0v) is 18.2. The molecule has 0 unspecified atom stereocenters. The summed E-state index contributed by atoms with van der Waals surface area (Å²) >= 11 is 0. The Morgan fingerprint density at radius 3 is 2.10 bits per heavy atom. The van der Waals surface area contributed by atoms with Gasteiger partial charge in [-0.2, -0.15) is 9.65 Å². The highest BCUT2D eigenvalue weighted by atomic mass is 19.1. The van der Waals surface area contributed by atoms with E-state index in [0.717, 1.165) is 37.0 Å². The van der Waals surface area contributed by atoms with Crippen molar-refractivity contribution in [3.05, 3.63) is 47.3 Å². The summed E-state index contributed by atoms with van der Waals surface area (Å²) in [5.74, 6) is 2.39. The van der Waals surface area contributed by atoms with E-state index in [2.05, 4.69) is 31.2 Å². The Bertz CT molecular complexity index is 667. The van der Waals surface area contributed by atoms with Crippen LogP contribution in [0.15, 0.2) is 36.2 Å². The molecule has 0 aliphatic heterocycles. The Kier molecular flexibility index (Phi) is 8.78. The molecule has 0 aromatic heterocycles. The molecular formula is C27H38FN. The predicted molar refractivity (Wildman–Crippen MR) is 119 cm³/mol. The molecule has 2 aliphatic carbocycles. The SMILES string of the molecule is CCc1ccc(CCCC[C@H]2CC[C@H](C3CCC(/C=C(/F)C#N)CC3)CC2)cc1. The van der Waals surface area contributed by atoms with Crippen molar-refractivity contribution >= 4 is 0 Å².